The van der Waals surface area contributed by atoms with E-state index in [1.807, 2.05) is 0 Å². The fraction of sp³-hybridized carbons (Fsp3) is 0.417. The molecule has 4 nitrogen and oxygen atoms in total. The first-order valence-electron chi connectivity index (χ1n) is 5.56. The standard InChI is InChI=1S/C12H15FN2O2/c13-10-3-1-2-9(7-16)12(10)15-6-8(5-14)4-11(15)17/h1-3,8,16H,4-7,14H2. The molecule has 1 unspecified atom stereocenters. The summed E-state index contributed by atoms with van der Waals surface area (Å²) in [5.74, 6) is -0.559. The average molecular weight is 238 g/mol. The summed E-state index contributed by atoms with van der Waals surface area (Å²) in [4.78, 5) is 13.2. The molecule has 92 valence electrons. The van der Waals surface area contributed by atoms with Crippen LogP contribution in [0.3, 0.4) is 0 Å². The smallest absolute Gasteiger partial charge is 0.227 e. The maximum absolute atomic E-state index is 13.8. The van der Waals surface area contributed by atoms with Gasteiger partial charge in [0.25, 0.3) is 0 Å². The van der Waals surface area contributed by atoms with E-state index in [9.17, 15) is 14.3 Å². The number of carbonyl (C=O) groups excluding carboxylic acids is 1. The van der Waals surface area contributed by atoms with Gasteiger partial charge in [-0.2, -0.15) is 0 Å². The van der Waals surface area contributed by atoms with Crippen molar-refractivity contribution < 1.29 is 14.3 Å². The molecule has 1 saturated heterocycles. The van der Waals surface area contributed by atoms with Crippen molar-refractivity contribution in [3.05, 3.63) is 29.6 Å². The summed E-state index contributed by atoms with van der Waals surface area (Å²) < 4.78 is 13.8. The van der Waals surface area contributed by atoms with Crippen LogP contribution in [0.5, 0.6) is 0 Å². The lowest BCUT2D eigenvalue weighted by atomic mass is 10.1. The van der Waals surface area contributed by atoms with E-state index in [1.54, 1.807) is 6.07 Å². The maximum Gasteiger partial charge on any atom is 0.227 e. The van der Waals surface area contributed by atoms with E-state index >= 15 is 0 Å². The van der Waals surface area contributed by atoms with Gasteiger partial charge in [-0.3, -0.25) is 4.79 Å². The Morgan fingerprint density at radius 1 is 1.53 bits per heavy atom. The molecule has 1 amide bonds. The Labute approximate surface area is 98.8 Å². The number of anilines is 1. The number of hydrogen-bond acceptors (Lipinski definition) is 3. The highest BCUT2D eigenvalue weighted by Crippen LogP contribution is 2.30. The summed E-state index contributed by atoms with van der Waals surface area (Å²) in [5.41, 5.74) is 6.14. The summed E-state index contributed by atoms with van der Waals surface area (Å²) in [6.07, 6.45) is 0.343. The minimum atomic E-state index is -0.484. The van der Waals surface area contributed by atoms with Crippen molar-refractivity contribution >= 4 is 11.6 Å². The van der Waals surface area contributed by atoms with Crippen LogP contribution in [0.15, 0.2) is 18.2 Å². The summed E-state index contributed by atoms with van der Waals surface area (Å²) in [6.45, 7) is 0.540. The second-order valence-corrected chi connectivity index (χ2v) is 4.22. The third-order valence-corrected chi connectivity index (χ3v) is 3.05. The number of nitrogens with two attached hydrogens (primary N) is 1. The van der Waals surface area contributed by atoms with Gasteiger partial charge in [0.2, 0.25) is 5.91 Å². The first-order valence-corrected chi connectivity index (χ1v) is 5.56. The topological polar surface area (TPSA) is 66.6 Å². The Morgan fingerprint density at radius 2 is 2.29 bits per heavy atom. The van der Waals surface area contributed by atoms with Crippen molar-refractivity contribution in [1.82, 2.24) is 0 Å². The monoisotopic (exact) mass is 238 g/mol. The minimum Gasteiger partial charge on any atom is -0.392 e. The van der Waals surface area contributed by atoms with Crippen molar-refractivity contribution in [3.63, 3.8) is 0 Å². The molecule has 0 radical (unpaired) electrons. The molecule has 3 N–H and O–H groups in total. The van der Waals surface area contributed by atoms with Crippen LogP contribution in [0, 0.1) is 11.7 Å². The first-order chi connectivity index (χ1) is 8.17. The van der Waals surface area contributed by atoms with Crippen molar-refractivity contribution in [1.29, 1.82) is 0 Å². The Hall–Kier alpha value is -1.46. The van der Waals surface area contributed by atoms with E-state index in [2.05, 4.69) is 0 Å². The molecule has 0 spiro atoms. The third kappa shape index (κ3) is 2.16. The van der Waals surface area contributed by atoms with E-state index in [0.717, 1.165) is 0 Å². The van der Waals surface area contributed by atoms with E-state index in [-0.39, 0.29) is 24.1 Å². The van der Waals surface area contributed by atoms with Gasteiger partial charge in [-0.05, 0) is 18.5 Å². The van der Waals surface area contributed by atoms with E-state index in [0.29, 0.717) is 25.1 Å². The van der Waals surface area contributed by atoms with Crippen molar-refractivity contribution in [2.75, 3.05) is 18.0 Å². The fourth-order valence-corrected chi connectivity index (χ4v) is 2.15. The molecule has 1 heterocycles. The highest BCUT2D eigenvalue weighted by molar-refractivity contribution is 5.96. The normalized spacial score (nSPS) is 20.1. The summed E-state index contributed by atoms with van der Waals surface area (Å²) in [5, 5.41) is 9.18. The van der Waals surface area contributed by atoms with Crippen LogP contribution in [0.25, 0.3) is 0 Å². The Morgan fingerprint density at radius 3 is 2.88 bits per heavy atom. The number of amides is 1. The van der Waals surface area contributed by atoms with Gasteiger partial charge in [-0.1, -0.05) is 12.1 Å². The van der Waals surface area contributed by atoms with Crippen molar-refractivity contribution in [2.24, 2.45) is 11.7 Å². The minimum absolute atomic E-state index is 0.0636. The van der Waals surface area contributed by atoms with Crippen LogP contribution in [0.4, 0.5) is 10.1 Å². The number of hydrogen-bond donors (Lipinski definition) is 2. The molecule has 1 fully saturated rings. The molecule has 1 aromatic rings. The zero-order chi connectivity index (χ0) is 12.4. The lowest BCUT2D eigenvalue weighted by Gasteiger charge is -2.20. The number of rotatable bonds is 3. The molecule has 0 bridgehead atoms. The van der Waals surface area contributed by atoms with Gasteiger partial charge in [-0.15, -0.1) is 0 Å². The molecule has 1 aromatic carbocycles. The van der Waals surface area contributed by atoms with Crippen molar-refractivity contribution in [3.8, 4) is 0 Å². The van der Waals surface area contributed by atoms with Gasteiger partial charge < -0.3 is 15.7 Å². The van der Waals surface area contributed by atoms with Gasteiger partial charge in [0.05, 0.1) is 12.3 Å². The highest BCUT2D eigenvalue weighted by Gasteiger charge is 2.32. The predicted octanol–water partition coefficient (Wildman–Crippen LogP) is 0.630. The van der Waals surface area contributed by atoms with Gasteiger partial charge >= 0.3 is 0 Å². The first kappa shape index (κ1) is 12.0. The fourth-order valence-electron chi connectivity index (χ4n) is 2.15. The van der Waals surface area contributed by atoms with Gasteiger partial charge in [0.1, 0.15) is 5.82 Å². The second-order valence-electron chi connectivity index (χ2n) is 4.22. The molecule has 0 aromatic heterocycles. The number of para-hydroxylation sites is 1. The third-order valence-electron chi connectivity index (χ3n) is 3.05. The molecule has 1 atom stereocenters. The van der Waals surface area contributed by atoms with Crippen LogP contribution < -0.4 is 10.6 Å². The lowest BCUT2D eigenvalue weighted by Crippen LogP contribution is -2.27. The quantitative estimate of drug-likeness (QED) is 0.811. The molecular weight excluding hydrogens is 223 g/mol. The lowest BCUT2D eigenvalue weighted by molar-refractivity contribution is -0.117. The van der Waals surface area contributed by atoms with Gasteiger partial charge in [-0.25, -0.2) is 4.39 Å². The molecule has 17 heavy (non-hydrogen) atoms. The Balaban J connectivity index is 2.37. The van der Waals surface area contributed by atoms with Crippen molar-refractivity contribution in [2.45, 2.75) is 13.0 Å². The van der Waals surface area contributed by atoms with E-state index in [1.165, 1.54) is 17.0 Å². The number of carbonyl (C=O) groups is 1. The predicted molar refractivity (Wildman–Crippen MR) is 61.8 cm³/mol. The van der Waals surface area contributed by atoms with Crippen LogP contribution in [-0.4, -0.2) is 24.1 Å². The van der Waals surface area contributed by atoms with Crippen LogP contribution >= 0.6 is 0 Å². The second kappa shape index (κ2) is 4.81. The number of aliphatic hydroxyl groups is 1. The molecular formula is C12H15FN2O2. The number of halogens is 1. The highest BCUT2D eigenvalue weighted by atomic mass is 19.1. The number of benzene rings is 1. The van der Waals surface area contributed by atoms with Gasteiger partial charge in [0, 0.05) is 18.5 Å². The molecule has 0 saturated carbocycles. The summed E-state index contributed by atoms with van der Waals surface area (Å²) in [6, 6.07) is 4.42. The zero-order valence-corrected chi connectivity index (χ0v) is 9.40. The molecule has 1 aliphatic heterocycles. The largest absolute Gasteiger partial charge is 0.392 e. The van der Waals surface area contributed by atoms with Crippen LogP contribution in [-0.2, 0) is 11.4 Å². The molecule has 2 rings (SSSR count). The Bertz CT molecular complexity index is 437. The number of nitrogens with zero attached hydrogens (tertiary/aromatic N) is 1. The number of aliphatic hydroxyl groups excluding tert-OH is 1. The summed E-state index contributed by atoms with van der Waals surface area (Å²) >= 11 is 0. The van der Waals surface area contributed by atoms with Gasteiger partial charge in [0.15, 0.2) is 0 Å². The van der Waals surface area contributed by atoms with Crippen LogP contribution in [0.2, 0.25) is 0 Å². The van der Waals surface area contributed by atoms with E-state index < -0.39 is 5.82 Å². The van der Waals surface area contributed by atoms with E-state index in [4.69, 9.17) is 5.73 Å². The SMILES string of the molecule is NCC1CC(=O)N(c2c(F)cccc2CO)C1. The maximum atomic E-state index is 13.8. The Kier molecular flexibility index (Phi) is 3.40. The molecule has 1 aliphatic rings. The summed E-state index contributed by atoms with van der Waals surface area (Å²) in [7, 11) is 0. The van der Waals surface area contributed by atoms with Crippen LogP contribution in [0.1, 0.15) is 12.0 Å². The molecule has 5 heteroatoms. The average Bonchev–Trinajstić information content (AvgIpc) is 2.70. The molecule has 0 aliphatic carbocycles. The zero-order valence-electron chi connectivity index (χ0n) is 9.40.